The summed E-state index contributed by atoms with van der Waals surface area (Å²) in [5, 5.41) is 9.01. The molecule has 1 aromatic carbocycles. The van der Waals surface area contributed by atoms with Crippen LogP contribution in [0.25, 0.3) is 0 Å². The summed E-state index contributed by atoms with van der Waals surface area (Å²) >= 11 is 0. The summed E-state index contributed by atoms with van der Waals surface area (Å²) in [4.78, 5) is 2.24. The summed E-state index contributed by atoms with van der Waals surface area (Å²) in [5.74, 6) is 0. The lowest BCUT2D eigenvalue weighted by atomic mass is 10.2. The van der Waals surface area contributed by atoms with Gasteiger partial charge >= 0.3 is 0 Å². The van der Waals surface area contributed by atoms with Gasteiger partial charge in [-0.25, -0.2) is 0 Å². The topological polar surface area (TPSA) is 23.5 Å². The molecule has 0 unspecified atom stereocenters. The van der Waals surface area contributed by atoms with E-state index < -0.39 is 0 Å². The van der Waals surface area contributed by atoms with Crippen molar-refractivity contribution in [2.24, 2.45) is 0 Å². The van der Waals surface area contributed by atoms with Crippen molar-refractivity contribution in [2.45, 2.75) is 26.7 Å². The van der Waals surface area contributed by atoms with E-state index in [0.29, 0.717) is 0 Å². The Morgan fingerprint density at radius 3 is 2.33 bits per heavy atom. The smallest absolute Gasteiger partial charge is 0.0606 e. The molecule has 0 saturated carbocycles. The van der Waals surface area contributed by atoms with Crippen LogP contribution in [0.5, 0.6) is 0 Å². The van der Waals surface area contributed by atoms with E-state index in [1.165, 1.54) is 24.1 Å². The lowest BCUT2D eigenvalue weighted by Crippen LogP contribution is -2.27. The molecule has 0 aliphatic heterocycles. The molecule has 1 N–H and O–H groups in total. The molecule has 0 atom stereocenters. The number of unbranched alkanes of at least 4 members (excludes halogenated alkanes) is 1. The van der Waals surface area contributed by atoms with Gasteiger partial charge in [0.25, 0.3) is 0 Å². The molecule has 0 aromatic heterocycles. The first-order chi connectivity index (χ1) is 7.27. The molecule has 0 aliphatic rings. The molecule has 0 saturated heterocycles. The van der Waals surface area contributed by atoms with E-state index in [2.05, 4.69) is 43.0 Å². The fourth-order valence-electron chi connectivity index (χ4n) is 1.60. The molecule has 0 bridgehead atoms. The van der Waals surface area contributed by atoms with Crippen LogP contribution in [0.15, 0.2) is 24.3 Å². The lowest BCUT2D eigenvalue weighted by molar-refractivity contribution is 0.301. The highest BCUT2D eigenvalue weighted by Gasteiger charge is 2.04. The molecule has 15 heavy (non-hydrogen) atoms. The van der Waals surface area contributed by atoms with Gasteiger partial charge in [0.05, 0.1) is 6.61 Å². The van der Waals surface area contributed by atoms with E-state index in [1.807, 2.05) is 0 Å². The van der Waals surface area contributed by atoms with Gasteiger partial charge in [0.15, 0.2) is 0 Å². The number of hydrogen-bond donors (Lipinski definition) is 1. The second-order valence-electron chi connectivity index (χ2n) is 3.90. The molecule has 84 valence electrons. The minimum atomic E-state index is 0.220. The first kappa shape index (κ1) is 12.1. The highest BCUT2D eigenvalue weighted by atomic mass is 16.3. The Labute approximate surface area is 92.5 Å². The zero-order valence-electron chi connectivity index (χ0n) is 9.74. The Morgan fingerprint density at radius 1 is 1.13 bits per heavy atom. The van der Waals surface area contributed by atoms with Gasteiger partial charge in [0, 0.05) is 18.8 Å². The first-order valence-corrected chi connectivity index (χ1v) is 5.70. The number of anilines is 1. The normalized spacial score (nSPS) is 10.3. The summed E-state index contributed by atoms with van der Waals surface area (Å²) in [6, 6.07) is 8.48. The fourth-order valence-corrected chi connectivity index (χ4v) is 1.60. The number of nitrogens with zero attached hydrogens (tertiary/aromatic N) is 1. The zero-order chi connectivity index (χ0) is 11.1. The number of benzene rings is 1. The molecular weight excluding hydrogens is 186 g/mol. The zero-order valence-corrected chi connectivity index (χ0v) is 9.74. The Bertz CT molecular complexity index is 268. The number of aryl methyl sites for hydroxylation is 1. The van der Waals surface area contributed by atoms with Crippen LogP contribution in [-0.2, 0) is 0 Å². The third-order valence-electron chi connectivity index (χ3n) is 2.55. The summed E-state index contributed by atoms with van der Waals surface area (Å²) in [7, 11) is 0. The van der Waals surface area contributed by atoms with Crippen LogP contribution in [0.3, 0.4) is 0 Å². The van der Waals surface area contributed by atoms with Crippen molar-refractivity contribution < 1.29 is 5.11 Å². The number of hydrogen-bond acceptors (Lipinski definition) is 2. The molecule has 1 aromatic rings. The van der Waals surface area contributed by atoms with Gasteiger partial charge in [-0.15, -0.1) is 0 Å². The van der Waals surface area contributed by atoms with Crippen LogP contribution in [0, 0.1) is 6.92 Å². The van der Waals surface area contributed by atoms with Gasteiger partial charge in [0.1, 0.15) is 0 Å². The maximum Gasteiger partial charge on any atom is 0.0606 e. The molecule has 0 spiro atoms. The van der Waals surface area contributed by atoms with Gasteiger partial charge in [-0.2, -0.15) is 0 Å². The van der Waals surface area contributed by atoms with Crippen LogP contribution >= 0.6 is 0 Å². The van der Waals surface area contributed by atoms with E-state index in [0.717, 1.165) is 13.1 Å². The molecule has 0 radical (unpaired) electrons. The van der Waals surface area contributed by atoms with Crippen LogP contribution < -0.4 is 4.90 Å². The molecule has 1 rings (SSSR count). The van der Waals surface area contributed by atoms with Crippen LogP contribution in [-0.4, -0.2) is 24.8 Å². The van der Waals surface area contributed by atoms with Gasteiger partial charge in [-0.3, -0.25) is 0 Å². The third kappa shape index (κ3) is 3.92. The van der Waals surface area contributed by atoms with Crippen molar-refractivity contribution in [3.05, 3.63) is 29.8 Å². The average molecular weight is 207 g/mol. The fraction of sp³-hybridized carbons (Fsp3) is 0.538. The van der Waals surface area contributed by atoms with Gasteiger partial charge in [-0.1, -0.05) is 31.0 Å². The summed E-state index contributed by atoms with van der Waals surface area (Å²) < 4.78 is 0. The largest absolute Gasteiger partial charge is 0.395 e. The van der Waals surface area contributed by atoms with Crippen molar-refractivity contribution >= 4 is 5.69 Å². The average Bonchev–Trinajstić information content (AvgIpc) is 2.25. The first-order valence-electron chi connectivity index (χ1n) is 5.70. The quantitative estimate of drug-likeness (QED) is 0.775. The van der Waals surface area contributed by atoms with E-state index >= 15 is 0 Å². The molecule has 0 aliphatic carbocycles. The summed E-state index contributed by atoms with van der Waals surface area (Å²) in [5.41, 5.74) is 2.49. The second kappa shape index (κ2) is 6.46. The summed E-state index contributed by atoms with van der Waals surface area (Å²) in [6.07, 6.45) is 2.36. The predicted molar refractivity (Wildman–Crippen MR) is 65.4 cm³/mol. The molecule has 0 heterocycles. The van der Waals surface area contributed by atoms with E-state index in [1.54, 1.807) is 0 Å². The molecule has 2 heteroatoms. The van der Waals surface area contributed by atoms with Gasteiger partial charge in [-0.05, 0) is 25.5 Å². The number of aliphatic hydroxyl groups excluding tert-OH is 1. The third-order valence-corrected chi connectivity index (χ3v) is 2.55. The Hall–Kier alpha value is -1.02. The molecule has 0 fully saturated rings. The highest BCUT2D eigenvalue weighted by molar-refractivity contribution is 5.47. The van der Waals surface area contributed by atoms with Crippen molar-refractivity contribution in [3.8, 4) is 0 Å². The maximum atomic E-state index is 9.01. The SMILES string of the molecule is CCCCN(CCO)c1ccc(C)cc1. The minimum absolute atomic E-state index is 0.220. The van der Waals surface area contributed by atoms with Crippen molar-refractivity contribution in [3.63, 3.8) is 0 Å². The molecule has 2 nitrogen and oxygen atoms in total. The van der Waals surface area contributed by atoms with Gasteiger partial charge < -0.3 is 10.0 Å². The van der Waals surface area contributed by atoms with E-state index in [-0.39, 0.29) is 6.61 Å². The standard InChI is InChI=1S/C13H21NO/c1-3-4-9-14(10-11-15)13-7-5-12(2)6-8-13/h5-8,15H,3-4,9-11H2,1-2H3. The van der Waals surface area contributed by atoms with Crippen molar-refractivity contribution in [1.82, 2.24) is 0 Å². The molecule has 0 amide bonds. The Kier molecular flexibility index (Phi) is 5.19. The monoisotopic (exact) mass is 207 g/mol. The van der Waals surface area contributed by atoms with E-state index in [9.17, 15) is 0 Å². The maximum absolute atomic E-state index is 9.01. The number of aliphatic hydroxyl groups is 1. The van der Waals surface area contributed by atoms with Crippen molar-refractivity contribution in [2.75, 3.05) is 24.6 Å². The van der Waals surface area contributed by atoms with E-state index in [4.69, 9.17) is 5.11 Å². The Balaban J connectivity index is 2.65. The molecular formula is C13H21NO. The van der Waals surface area contributed by atoms with Crippen LogP contribution in [0.1, 0.15) is 25.3 Å². The van der Waals surface area contributed by atoms with Gasteiger partial charge in [0.2, 0.25) is 0 Å². The number of rotatable bonds is 6. The predicted octanol–water partition coefficient (Wildman–Crippen LogP) is 2.59. The summed E-state index contributed by atoms with van der Waals surface area (Å²) in [6.45, 7) is 6.25. The lowest BCUT2D eigenvalue weighted by Gasteiger charge is -2.23. The minimum Gasteiger partial charge on any atom is -0.395 e. The van der Waals surface area contributed by atoms with Crippen molar-refractivity contribution in [1.29, 1.82) is 0 Å². The van der Waals surface area contributed by atoms with Crippen LogP contribution in [0.4, 0.5) is 5.69 Å². The highest BCUT2D eigenvalue weighted by Crippen LogP contribution is 2.15. The second-order valence-corrected chi connectivity index (χ2v) is 3.90. The van der Waals surface area contributed by atoms with Crippen LogP contribution in [0.2, 0.25) is 0 Å². The Morgan fingerprint density at radius 2 is 1.80 bits per heavy atom.